The van der Waals surface area contributed by atoms with E-state index in [0.29, 0.717) is 19.5 Å². The minimum Gasteiger partial charge on any atom is -0.497 e. The molecular formula is C16H26N2O3. The van der Waals surface area contributed by atoms with Gasteiger partial charge >= 0.3 is 6.09 Å². The zero-order chi connectivity index (χ0) is 16.0. The largest absolute Gasteiger partial charge is 0.497 e. The van der Waals surface area contributed by atoms with E-state index in [1.807, 2.05) is 45.0 Å². The Kier molecular flexibility index (Phi) is 6.03. The lowest BCUT2D eigenvalue weighted by atomic mass is 9.94. The van der Waals surface area contributed by atoms with Crippen LogP contribution in [0.2, 0.25) is 0 Å². The van der Waals surface area contributed by atoms with Gasteiger partial charge in [0.15, 0.2) is 0 Å². The predicted octanol–water partition coefficient (Wildman–Crippen LogP) is 2.59. The molecule has 3 N–H and O–H groups in total. The van der Waals surface area contributed by atoms with Crippen LogP contribution in [0.25, 0.3) is 0 Å². The van der Waals surface area contributed by atoms with E-state index in [4.69, 9.17) is 10.5 Å². The Morgan fingerprint density at radius 1 is 1.33 bits per heavy atom. The molecule has 0 unspecified atom stereocenters. The van der Waals surface area contributed by atoms with Gasteiger partial charge in [-0.15, -0.1) is 0 Å². The first-order valence-electron chi connectivity index (χ1n) is 7.09. The minimum absolute atomic E-state index is 0.105. The van der Waals surface area contributed by atoms with Crippen LogP contribution in [0.1, 0.15) is 26.3 Å². The molecule has 1 aromatic rings. The van der Waals surface area contributed by atoms with Crippen LogP contribution < -0.4 is 10.5 Å². The highest BCUT2D eigenvalue weighted by atomic mass is 16.5. The van der Waals surface area contributed by atoms with Crippen molar-refractivity contribution in [1.29, 1.82) is 0 Å². The van der Waals surface area contributed by atoms with Crippen LogP contribution in [-0.4, -0.2) is 42.3 Å². The molecule has 0 aliphatic rings. The number of carbonyl (C=O) groups is 1. The lowest BCUT2D eigenvalue weighted by Crippen LogP contribution is -2.48. The fourth-order valence-electron chi connectivity index (χ4n) is 2.22. The van der Waals surface area contributed by atoms with Gasteiger partial charge in [-0.2, -0.15) is 0 Å². The number of hydrogen-bond donors (Lipinski definition) is 2. The molecule has 0 aromatic heterocycles. The highest BCUT2D eigenvalue weighted by Gasteiger charge is 2.27. The smallest absolute Gasteiger partial charge is 0.407 e. The SMILES string of the molecule is COc1ccc(C[C@@H](CN)N(CC(C)(C)C)C(=O)O)cc1. The average Bonchev–Trinajstić information content (AvgIpc) is 2.42. The first-order valence-corrected chi connectivity index (χ1v) is 7.09. The Labute approximate surface area is 126 Å². The van der Waals surface area contributed by atoms with E-state index in [9.17, 15) is 9.90 Å². The number of nitrogens with zero attached hydrogens (tertiary/aromatic N) is 1. The Morgan fingerprint density at radius 2 is 1.90 bits per heavy atom. The number of hydrogen-bond acceptors (Lipinski definition) is 3. The van der Waals surface area contributed by atoms with Crippen LogP contribution in [0.4, 0.5) is 4.79 Å². The van der Waals surface area contributed by atoms with Gasteiger partial charge in [-0.25, -0.2) is 4.79 Å². The van der Waals surface area contributed by atoms with Crippen LogP contribution in [-0.2, 0) is 6.42 Å². The molecule has 21 heavy (non-hydrogen) atoms. The second-order valence-electron chi connectivity index (χ2n) is 6.41. The molecule has 0 bridgehead atoms. The van der Waals surface area contributed by atoms with E-state index in [1.54, 1.807) is 7.11 Å². The second-order valence-corrected chi connectivity index (χ2v) is 6.41. The lowest BCUT2D eigenvalue weighted by Gasteiger charge is -2.34. The van der Waals surface area contributed by atoms with Crippen molar-refractivity contribution in [3.05, 3.63) is 29.8 Å². The average molecular weight is 294 g/mol. The zero-order valence-electron chi connectivity index (χ0n) is 13.3. The Morgan fingerprint density at radius 3 is 2.29 bits per heavy atom. The van der Waals surface area contributed by atoms with Crippen LogP contribution in [0, 0.1) is 5.41 Å². The van der Waals surface area contributed by atoms with Gasteiger partial charge in [-0.3, -0.25) is 0 Å². The van der Waals surface area contributed by atoms with E-state index in [-0.39, 0.29) is 11.5 Å². The zero-order valence-corrected chi connectivity index (χ0v) is 13.3. The van der Waals surface area contributed by atoms with E-state index < -0.39 is 6.09 Å². The van der Waals surface area contributed by atoms with E-state index in [1.165, 1.54) is 4.90 Å². The van der Waals surface area contributed by atoms with E-state index >= 15 is 0 Å². The number of rotatable bonds is 6. The Balaban J connectivity index is 2.84. The highest BCUT2D eigenvalue weighted by molar-refractivity contribution is 5.65. The van der Waals surface area contributed by atoms with Crippen molar-refractivity contribution in [3.63, 3.8) is 0 Å². The predicted molar refractivity (Wildman–Crippen MR) is 83.7 cm³/mol. The maximum atomic E-state index is 11.5. The topological polar surface area (TPSA) is 75.8 Å². The normalized spacial score (nSPS) is 12.8. The molecule has 0 spiro atoms. The summed E-state index contributed by atoms with van der Waals surface area (Å²) in [6.45, 7) is 6.81. The van der Waals surface area contributed by atoms with Gasteiger partial charge in [0.25, 0.3) is 0 Å². The monoisotopic (exact) mass is 294 g/mol. The molecule has 0 saturated carbocycles. The molecule has 1 aromatic carbocycles. The lowest BCUT2D eigenvalue weighted by molar-refractivity contribution is 0.103. The Bertz CT molecular complexity index is 452. The fourth-order valence-corrected chi connectivity index (χ4v) is 2.22. The van der Waals surface area contributed by atoms with Crippen molar-refractivity contribution in [2.24, 2.45) is 11.1 Å². The number of methoxy groups -OCH3 is 1. The first-order chi connectivity index (χ1) is 9.76. The van der Waals surface area contributed by atoms with Gasteiger partial charge in [0.2, 0.25) is 0 Å². The third-order valence-corrected chi connectivity index (χ3v) is 3.23. The molecule has 1 atom stereocenters. The van der Waals surface area contributed by atoms with Crippen molar-refractivity contribution >= 4 is 6.09 Å². The van der Waals surface area contributed by atoms with Crippen LogP contribution in [0.3, 0.4) is 0 Å². The molecule has 0 saturated heterocycles. The van der Waals surface area contributed by atoms with Gasteiger partial charge in [-0.05, 0) is 29.5 Å². The van der Waals surface area contributed by atoms with Crippen molar-refractivity contribution in [3.8, 4) is 5.75 Å². The van der Waals surface area contributed by atoms with Crippen molar-refractivity contribution in [2.75, 3.05) is 20.2 Å². The molecule has 0 heterocycles. The number of nitrogens with two attached hydrogens (primary N) is 1. The first kappa shape index (κ1) is 17.3. The van der Waals surface area contributed by atoms with Crippen LogP contribution in [0.5, 0.6) is 5.75 Å². The maximum Gasteiger partial charge on any atom is 0.407 e. The number of carboxylic acid groups (broad SMARTS) is 1. The summed E-state index contributed by atoms with van der Waals surface area (Å²) in [5.41, 5.74) is 6.75. The minimum atomic E-state index is -0.922. The van der Waals surface area contributed by atoms with Crippen LogP contribution in [0.15, 0.2) is 24.3 Å². The molecule has 1 rings (SSSR count). The molecule has 118 valence electrons. The third-order valence-electron chi connectivity index (χ3n) is 3.23. The summed E-state index contributed by atoms with van der Waals surface area (Å²) < 4.78 is 5.12. The van der Waals surface area contributed by atoms with E-state index in [2.05, 4.69) is 0 Å². The summed E-state index contributed by atoms with van der Waals surface area (Å²) in [6.07, 6.45) is -0.322. The standard InChI is InChI=1S/C16H26N2O3/c1-16(2,3)11-18(15(19)20)13(10-17)9-12-5-7-14(21-4)8-6-12/h5-8,13H,9-11,17H2,1-4H3,(H,19,20)/t13-/m0/s1. The maximum absolute atomic E-state index is 11.5. The van der Waals surface area contributed by atoms with Crippen molar-refractivity contribution in [1.82, 2.24) is 4.90 Å². The molecular weight excluding hydrogens is 268 g/mol. The Hall–Kier alpha value is -1.75. The number of amides is 1. The summed E-state index contributed by atoms with van der Waals surface area (Å²) in [5, 5.41) is 9.45. The molecule has 0 radical (unpaired) electrons. The van der Waals surface area contributed by atoms with Crippen LogP contribution >= 0.6 is 0 Å². The third kappa shape index (κ3) is 5.63. The summed E-state index contributed by atoms with van der Waals surface area (Å²) >= 11 is 0. The molecule has 5 heteroatoms. The number of benzene rings is 1. The quantitative estimate of drug-likeness (QED) is 0.845. The van der Waals surface area contributed by atoms with Crippen molar-refractivity contribution in [2.45, 2.75) is 33.2 Å². The van der Waals surface area contributed by atoms with Gasteiger partial charge in [0.05, 0.1) is 13.2 Å². The summed E-state index contributed by atoms with van der Waals surface area (Å²) in [4.78, 5) is 13.0. The molecule has 5 nitrogen and oxygen atoms in total. The van der Waals surface area contributed by atoms with Gasteiger partial charge in [0, 0.05) is 13.1 Å². The molecule has 0 aliphatic carbocycles. The summed E-state index contributed by atoms with van der Waals surface area (Å²) in [5.74, 6) is 0.785. The fraction of sp³-hybridized carbons (Fsp3) is 0.562. The highest BCUT2D eigenvalue weighted by Crippen LogP contribution is 2.20. The molecule has 1 amide bonds. The molecule has 0 fully saturated rings. The van der Waals surface area contributed by atoms with Gasteiger partial charge in [-0.1, -0.05) is 32.9 Å². The summed E-state index contributed by atoms with van der Waals surface area (Å²) in [7, 11) is 1.62. The summed E-state index contributed by atoms with van der Waals surface area (Å²) in [6, 6.07) is 7.40. The van der Waals surface area contributed by atoms with Crippen molar-refractivity contribution < 1.29 is 14.6 Å². The second kappa shape index (κ2) is 7.31. The number of ether oxygens (including phenoxy) is 1. The van der Waals surface area contributed by atoms with E-state index in [0.717, 1.165) is 11.3 Å². The van der Waals surface area contributed by atoms with Gasteiger partial charge < -0.3 is 20.5 Å². The molecule has 0 aliphatic heterocycles. The van der Waals surface area contributed by atoms with Gasteiger partial charge in [0.1, 0.15) is 5.75 Å².